The van der Waals surface area contributed by atoms with E-state index in [2.05, 4.69) is 15.0 Å². The molecule has 0 fully saturated rings. The predicted molar refractivity (Wildman–Crippen MR) is 56.7 cm³/mol. The Bertz CT molecular complexity index is 327. The molecule has 0 unspecified atom stereocenters. The first-order chi connectivity index (χ1) is 6.09. The number of rotatable bonds is 3. The van der Waals surface area contributed by atoms with E-state index >= 15 is 0 Å². The number of thioether (sulfide) groups is 1. The molecule has 0 aliphatic carbocycles. The van der Waals surface area contributed by atoms with Crippen molar-refractivity contribution >= 4 is 27.3 Å². The quantitative estimate of drug-likeness (QED) is 0.843. The predicted octanol–water partition coefficient (Wildman–Crippen LogP) is 2.47. The molecular formula is C9H10ClNNiS. The third-order valence-electron chi connectivity index (χ3n) is 1.66. The van der Waals surface area contributed by atoms with Gasteiger partial charge in [-0.3, -0.25) is 0 Å². The molecule has 13 heavy (non-hydrogen) atoms. The van der Waals surface area contributed by atoms with Crippen LogP contribution in [-0.2, 0) is 20.8 Å². The summed E-state index contributed by atoms with van der Waals surface area (Å²) in [5.74, 6) is 0.828. The first-order valence-corrected chi connectivity index (χ1v) is 5.58. The zero-order valence-corrected chi connectivity index (χ0v) is 9.68. The third kappa shape index (κ3) is 3.82. The van der Waals surface area contributed by atoms with E-state index in [0.717, 1.165) is 10.8 Å². The molecule has 74 valence electrons. The van der Waals surface area contributed by atoms with Gasteiger partial charge in [-0.2, -0.15) is 0 Å². The molecule has 1 aromatic rings. The SMILES string of the molecule is Cc1cc(Cl)ccc1CS[C](N)=[Ni]. The molecule has 0 aliphatic heterocycles. The molecule has 0 heterocycles. The summed E-state index contributed by atoms with van der Waals surface area (Å²) < 4.78 is 0.523. The van der Waals surface area contributed by atoms with E-state index < -0.39 is 0 Å². The van der Waals surface area contributed by atoms with Crippen molar-refractivity contribution < 1.29 is 15.0 Å². The van der Waals surface area contributed by atoms with Gasteiger partial charge in [-0.25, -0.2) is 0 Å². The molecule has 4 heteroatoms. The van der Waals surface area contributed by atoms with E-state index in [1.165, 1.54) is 22.9 Å². The van der Waals surface area contributed by atoms with E-state index in [1.54, 1.807) is 0 Å². The van der Waals surface area contributed by atoms with Crippen LogP contribution in [0.5, 0.6) is 0 Å². The van der Waals surface area contributed by atoms with Crippen molar-refractivity contribution in [2.75, 3.05) is 0 Å². The Labute approximate surface area is 94.9 Å². The standard InChI is InChI=1S/C9H10ClNS.Ni/c1-7-4-9(10)3-2-8(7)5-12-6-11;/h2-4H,5,11H2,1H3;. The second kappa shape index (κ2) is 5.16. The van der Waals surface area contributed by atoms with Crippen LogP contribution in [0.2, 0.25) is 5.02 Å². The van der Waals surface area contributed by atoms with Crippen LogP contribution >= 0.6 is 23.4 Å². The number of hydrogen-bond acceptors (Lipinski definition) is 2. The first-order valence-electron chi connectivity index (χ1n) is 3.72. The van der Waals surface area contributed by atoms with Gasteiger partial charge in [-0.1, -0.05) is 0 Å². The molecule has 0 spiro atoms. The molecule has 1 aromatic carbocycles. The van der Waals surface area contributed by atoms with Gasteiger partial charge in [0.05, 0.1) is 0 Å². The number of nitrogens with two attached hydrogens (primary N) is 1. The Hall–Kier alpha value is 0.184. The van der Waals surface area contributed by atoms with Crippen LogP contribution in [-0.4, -0.2) is 3.95 Å². The molecule has 0 amide bonds. The van der Waals surface area contributed by atoms with Gasteiger partial charge in [0.2, 0.25) is 0 Å². The van der Waals surface area contributed by atoms with Crippen LogP contribution < -0.4 is 5.73 Å². The molecule has 0 saturated carbocycles. The molecule has 1 rings (SSSR count). The normalized spacial score (nSPS) is 10.2. The summed E-state index contributed by atoms with van der Waals surface area (Å²) in [6, 6.07) is 5.83. The Morgan fingerprint density at radius 2 is 2.31 bits per heavy atom. The van der Waals surface area contributed by atoms with Gasteiger partial charge < -0.3 is 0 Å². The Morgan fingerprint density at radius 1 is 1.62 bits per heavy atom. The summed E-state index contributed by atoms with van der Waals surface area (Å²) in [6.45, 7) is 2.03. The number of benzene rings is 1. The van der Waals surface area contributed by atoms with Gasteiger partial charge >= 0.3 is 95.1 Å². The summed E-state index contributed by atoms with van der Waals surface area (Å²) in [7, 11) is 0. The topological polar surface area (TPSA) is 26.0 Å². The fraction of sp³-hybridized carbons (Fsp3) is 0.222. The molecule has 0 bridgehead atoms. The third-order valence-corrected chi connectivity index (χ3v) is 3.04. The van der Waals surface area contributed by atoms with Crippen molar-refractivity contribution in [3.63, 3.8) is 0 Å². The van der Waals surface area contributed by atoms with Crippen molar-refractivity contribution in [2.24, 2.45) is 5.73 Å². The number of halogens is 1. The number of aryl methyl sites for hydroxylation is 1. The molecule has 0 atom stereocenters. The van der Waals surface area contributed by atoms with Gasteiger partial charge in [0.25, 0.3) is 0 Å². The first kappa shape index (κ1) is 11.3. The summed E-state index contributed by atoms with van der Waals surface area (Å²) in [5, 5.41) is 0.768. The maximum atomic E-state index is 5.82. The van der Waals surface area contributed by atoms with Crippen LogP contribution in [0.1, 0.15) is 11.1 Å². The summed E-state index contributed by atoms with van der Waals surface area (Å²) in [6.07, 6.45) is 0. The molecule has 0 aromatic heterocycles. The molecule has 0 radical (unpaired) electrons. The Morgan fingerprint density at radius 3 is 2.85 bits per heavy atom. The Kier molecular flexibility index (Phi) is 4.47. The average Bonchev–Trinajstić information content (AvgIpc) is 2.02. The van der Waals surface area contributed by atoms with E-state index in [-0.39, 0.29) is 0 Å². The van der Waals surface area contributed by atoms with Crippen LogP contribution in [0.3, 0.4) is 0 Å². The fourth-order valence-electron chi connectivity index (χ4n) is 0.963. The average molecular weight is 258 g/mol. The summed E-state index contributed by atoms with van der Waals surface area (Å²) in [5.41, 5.74) is 7.82. The summed E-state index contributed by atoms with van der Waals surface area (Å²) >= 11 is 11.8. The van der Waals surface area contributed by atoms with Crippen LogP contribution in [0.25, 0.3) is 0 Å². The summed E-state index contributed by atoms with van der Waals surface area (Å²) in [4.78, 5) is 0. The van der Waals surface area contributed by atoms with Crippen molar-refractivity contribution in [3.8, 4) is 0 Å². The van der Waals surface area contributed by atoms with Crippen molar-refractivity contribution in [1.29, 1.82) is 0 Å². The second-order valence-electron chi connectivity index (χ2n) is 2.63. The molecular weight excluding hydrogens is 248 g/mol. The molecule has 0 aliphatic rings. The minimum atomic E-state index is 0.523. The van der Waals surface area contributed by atoms with Crippen molar-refractivity contribution in [3.05, 3.63) is 34.3 Å². The van der Waals surface area contributed by atoms with Gasteiger partial charge in [-0.15, -0.1) is 0 Å². The van der Waals surface area contributed by atoms with Crippen molar-refractivity contribution in [1.82, 2.24) is 0 Å². The van der Waals surface area contributed by atoms with Gasteiger partial charge in [-0.05, 0) is 0 Å². The zero-order valence-electron chi connectivity index (χ0n) is 7.12. The molecule has 2 N–H and O–H groups in total. The molecule has 1 nitrogen and oxygen atoms in total. The zero-order chi connectivity index (χ0) is 9.84. The van der Waals surface area contributed by atoms with Gasteiger partial charge in [0.1, 0.15) is 0 Å². The maximum absolute atomic E-state index is 5.82. The fourth-order valence-corrected chi connectivity index (χ4v) is 2.01. The minimum absolute atomic E-state index is 0.523. The Balaban J connectivity index is 2.72. The van der Waals surface area contributed by atoms with Crippen LogP contribution in [0.4, 0.5) is 0 Å². The van der Waals surface area contributed by atoms with Crippen molar-refractivity contribution in [2.45, 2.75) is 12.7 Å². The van der Waals surface area contributed by atoms with Crippen LogP contribution in [0, 0.1) is 6.92 Å². The monoisotopic (exact) mass is 257 g/mol. The van der Waals surface area contributed by atoms with E-state index in [0.29, 0.717) is 3.95 Å². The van der Waals surface area contributed by atoms with E-state index in [1.807, 2.05) is 25.1 Å². The second-order valence-corrected chi connectivity index (χ2v) is 4.90. The van der Waals surface area contributed by atoms with E-state index in [4.69, 9.17) is 17.3 Å². The van der Waals surface area contributed by atoms with Gasteiger partial charge in [0, 0.05) is 0 Å². The van der Waals surface area contributed by atoms with Gasteiger partial charge in [0.15, 0.2) is 0 Å². The van der Waals surface area contributed by atoms with E-state index in [9.17, 15) is 0 Å². The molecule has 0 saturated heterocycles. The van der Waals surface area contributed by atoms with Crippen LogP contribution in [0.15, 0.2) is 18.2 Å². The number of hydrogen-bond donors (Lipinski definition) is 1.